The van der Waals surface area contributed by atoms with Gasteiger partial charge >= 0.3 is 0 Å². The van der Waals surface area contributed by atoms with Crippen molar-refractivity contribution in [2.75, 3.05) is 4.72 Å². The maximum Gasteiger partial charge on any atom is 0.261 e. The molecule has 1 amide bonds. The molecule has 7 heteroatoms. The highest BCUT2D eigenvalue weighted by atomic mass is 35.5. The molecule has 5 nitrogen and oxygen atoms in total. The number of carbonyl (C=O) groups excluding carboxylic acids is 1. The van der Waals surface area contributed by atoms with Crippen molar-refractivity contribution in [1.29, 1.82) is 0 Å². The van der Waals surface area contributed by atoms with Crippen LogP contribution in [-0.2, 0) is 16.6 Å². The van der Waals surface area contributed by atoms with Crippen molar-refractivity contribution in [3.8, 4) is 0 Å². The second kappa shape index (κ2) is 8.46. The van der Waals surface area contributed by atoms with E-state index in [9.17, 15) is 13.2 Å². The first-order valence-electron chi connectivity index (χ1n) is 8.56. The van der Waals surface area contributed by atoms with Crippen LogP contribution in [0.5, 0.6) is 0 Å². The summed E-state index contributed by atoms with van der Waals surface area (Å²) in [6.45, 7) is 2.13. The molecule has 0 fully saturated rings. The first-order chi connectivity index (χ1) is 13.3. The lowest BCUT2D eigenvalue weighted by Gasteiger charge is -2.12. The fraction of sp³-hybridized carbons (Fsp3) is 0.0952. The highest BCUT2D eigenvalue weighted by Gasteiger charge is 2.19. The fourth-order valence-electron chi connectivity index (χ4n) is 2.62. The van der Waals surface area contributed by atoms with Crippen molar-refractivity contribution in [2.45, 2.75) is 18.4 Å². The average Bonchev–Trinajstić information content (AvgIpc) is 2.68. The summed E-state index contributed by atoms with van der Waals surface area (Å²) in [6, 6.07) is 20.5. The van der Waals surface area contributed by atoms with Crippen molar-refractivity contribution in [3.63, 3.8) is 0 Å². The van der Waals surface area contributed by atoms with Crippen LogP contribution in [0.3, 0.4) is 0 Å². The van der Waals surface area contributed by atoms with Gasteiger partial charge in [-0.05, 0) is 42.3 Å². The van der Waals surface area contributed by atoms with Gasteiger partial charge in [0.05, 0.1) is 10.6 Å². The molecule has 0 radical (unpaired) electrons. The van der Waals surface area contributed by atoms with Crippen LogP contribution in [0.1, 0.15) is 21.5 Å². The minimum Gasteiger partial charge on any atom is -0.348 e. The monoisotopic (exact) mass is 414 g/mol. The number of nitrogens with one attached hydrogen (secondary N) is 2. The highest BCUT2D eigenvalue weighted by molar-refractivity contribution is 7.92. The lowest BCUT2D eigenvalue weighted by atomic mass is 10.2. The van der Waals surface area contributed by atoms with E-state index in [1.165, 1.54) is 18.2 Å². The number of benzene rings is 3. The van der Waals surface area contributed by atoms with Gasteiger partial charge in [-0.3, -0.25) is 9.52 Å². The van der Waals surface area contributed by atoms with Crippen molar-refractivity contribution in [2.24, 2.45) is 0 Å². The van der Waals surface area contributed by atoms with Crippen LogP contribution in [0.4, 0.5) is 5.69 Å². The van der Waals surface area contributed by atoms with E-state index in [1.54, 1.807) is 25.1 Å². The molecule has 3 aromatic rings. The molecule has 0 aliphatic carbocycles. The molecule has 2 N–H and O–H groups in total. The van der Waals surface area contributed by atoms with E-state index in [0.29, 0.717) is 12.2 Å². The second-order valence-corrected chi connectivity index (χ2v) is 8.38. The molecule has 0 heterocycles. The third-order valence-corrected chi connectivity index (χ3v) is 5.69. The van der Waals surface area contributed by atoms with Crippen LogP contribution in [0, 0.1) is 6.92 Å². The molecule has 0 aliphatic rings. The zero-order chi connectivity index (χ0) is 20.1. The number of hydrogen-bond acceptors (Lipinski definition) is 3. The zero-order valence-electron chi connectivity index (χ0n) is 15.1. The minimum absolute atomic E-state index is 0.0758. The molecular formula is C21H19ClN2O3S. The summed E-state index contributed by atoms with van der Waals surface area (Å²) in [5.41, 5.74) is 2.37. The third-order valence-electron chi connectivity index (χ3n) is 4.13. The van der Waals surface area contributed by atoms with Gasteiger partial charge in [0.25, 0.3) is 15.9 Å². The Labute approximate surface area is 169 Å². The quantitative estimate of drug-likeness (QED) is 0.628. The highest BCUT2D eigenvalue weighted by Crippen LogP contribution is 2.23. The van der Waals surface area contributed by atoms with Crippen molar-refractivity contribution in [3.05, 3.63) is 94.5 Å². The summed E-state index contributed by atoms with van der Waals surface area (Å²) in [6.07, 6.45) is 0. The van der Waals surface area contributed by atoms with Crippen LogP contribution in [0.15, 0.2) is 77.7 Å². The van der Waals surface area contributed by atoms with Gasteiger partial charge in [-0.25, -0.2) is 8.42 Å². The van der Waals surface area contributed by atoms with Gasteiger partial charge in [0.2, 0.25) is 0 Å². The number of hydrogen-bond donors (Lipinski definition) is 2. The Hall–Kier alpha value is -2.83. The summed E-state index contributed by atoms with van der Waals surface area (Å²) in [4.78, 5) is 12.4. The van der Waals surface area contributed by atoms with Gasteiger partial charge in [0.15, 0.2) is 0 Å². The summed E-state index contributed by atoms with van der Waals surface area (Å²) in [5, 5.41) is 2.93. The topological polar surface area (TPSA) is 75.3 Å². The predicted molar refractivity (Wildman–Crippen MR) is 111 cm³/mol. The Bertz CT molecular complexity index is 1100. The van der Waals surface area contributed by atoms with E-state index in [-0.39, 0.29) is 15.5 Å². The van der Waals surface area contributed by atoms with Crippen LogP contribution in [0.2, 0.25) is 5.02 Å². The Balaban J connectivity index is 1.82. The number of halogens is 1. The number of anilines is 1. The molecule has 0 atom stereocenters. The van der Waals surface area contributed by atoms with Gasteiger partial charge < -0.3 is 5.32 Å². The van der Waals surface area contributed by atoms with Crippen molar-refractivity contribution < 1.29 is 13.2 Å². The molecule has 3 aromatic carbocycles. The lowest BCUT2D eigenvalue weighted by molar-refractivity contribution is 0.0950. The van der Waals surface area contributed by atoms with Crippen molar-refractivity contribution >= 4 is 33.2 Å². The number of aryl methyl sites for hydroxylation is 1. The maximum absolute atomic E-state index is 12.8. The van der Waals surface area contributed by atoms with Gasteiger partial charge in [-0.15, -0.1) is 0 Å². The molecule has 0 spiro atoms. The van der Waals surface area contributed by atoms with E-state index in [4.69, 9.17) is 11.6 Å². The van der Waals surface area contributed by atoms with E-state index in [1.807, 2.05) is 36.4 Å². The molecule has 3 rings (SSSR count). The first kappa shape index (κ1) is 19.9. The summed E-state index contributed by atoms with van der Waals surface area (Å²) in [5.74, 6) is -0.404. The molecule has 0 unspecified atom stereocenters. The number of para-hydroxylation sites is 1. The van der Waals surface area contributed by atoms with Crippen LogP contribution in [-0.4, -0.2) is 14.3 Å². The Kier molecular flexibility index (Phi) is 6.02. The summed E-state index contributed by atoms with van der Waals surface area (Å²) < 4.78 is 28.1. The van der Waals surface area contributed by atoms with Crippen molar-refractivity contribution in [1.82, 2.24) is 5.32 Å². The summed E-state index contributed by atoms with van der Waals surface area (Å²) >= 11 is 6.08. The molecule has 0 aliphatic heterocycles. The normalized spacial score (nSPS) is 11.1. The number of carbonyl (C=O) groups is 1. The SMILES string of the molecule is Cc1ccccc1NS(=O)(=O)c1cc(Cl)cc(C(=O)NCc2ccccc2)c1. The molecule has 28 heavy (non-hydrogen) atoms. The number of rotatable bonds is 6. The third kappa shape index (κ3) is 4.91. The van der Waals surface area contributed by atoms with Crippen LogP contribution >= 0.6 is 11.6 Å². The fourth-order valence-corrected chi connectivity index (χ4v) is 4.12. The largest absolute Gasteiger partial charge is 0.348 e. The molecule has 0 aromatic heterocycles. The molecule has 144 valence electrons. The van der Waals surface area contributed by atoms with Crippen LogP contribution in [0.25, 0.3) is 0 Å². The average molecular weight is 415 g/mol. The van der Waals surface area contributed by atoms with Crippen LogP contribution < -0.4 is 10.0 Å². The first-order valence-corrected chi connectivity index (χ1v) is 10.4. The van der Waals surface area contributed by atoms with E-state index >= 15 is 0 Å². The summed E-state index contributed by atoms with van der Waals surface area (Å²) in [7, 11) is -3.90. The Morgan fingerprint density at radius 1 is 0.964 bits per heavy atom. The van der Waals surface area contributed by atoms with Gasteiger partial charge in [0.1, 0.15) is 0 Å². The second-order valence-electron chi connectivity index (χ2n) is 6.26. The van der Waals surface area contributed by atoms with E-state index < -0.39 is 15.9 Å². The van der Waals surface area contributed by atoms with Gasteiger partial charge in [-0.1, -0.05) is 60.1 Å². The van der Waals surface area contributed by atoms with E-state index in [0.717, 1.165) is 11.1 Å². The maximum atomic E-state index is 12.8. The molecular weight excluding hydrogens is 396 g/mol. The molecule has 0 bridgehead atoms. The lowest BCUT2D eigenvalue weighted by Crippen LogP contribution is -2.23. The predicted octanol–water partition coefficient (Wildman–Crippen LogP) is 4.38. The van der Waals surface area contributed by atoms with E-state index in [2.05, 4.69) is 10.0 Å². The Morgan fingerprint density at radius 3 is 2.36 bits per heavy atom. The smallest absolute Gasteiger partial charge is 0.261 e. The Morgan fingerprint density at radius 2 is 1.64 bits per heavy atom. The van der Waals surface area contributed by atoms with Gasteiger partial charge in [0, 0.05) is 17.1 Å². The van der Waals surface area contributed by atoms with Gasteiger partial charge in [-0.2, -0.15) is 0 Å². The molecule has 0 saturated carbocycles. The number of amides is 1. The number of sulfonamides is 1. The standard InChI is InChI=1S/C21H19ClN2O3S/c1-15-7-5-6-10-20(15)24-28(26,27)19-12-17(11-18(22)13-19)21(25)23-14-16-8-3-2-4-9-16/h2-13,24H,14H2,1H3,(H,23,25). The minimum atomic E-state index is -3.90. The molecule has 0 saturated heterocycles. The zero-order valence-corrected chi connectivity index (χ0v) is 16.7.